The van der Waals surface area contributed by atoms with E-state index in [4.69, 9.17) is 11.6 Å². The minimum Gasteiger partial charge on any atom is -0.348 e. The third-order valence-electron chi connectivity index (χ3n) is 2.50. The number of likely N-dealkylation sites (N-methyl/N-ethyl adjacent to an activating group) is 1. The van der Waals surface area contributed by atoms with E-state index in [0.717, 1.165) is 4.90 Å². The van der Waals surface area contributed by atoms with Gasteiger partial charge in [0.2, 0.25) is 0 Å². The monoisotopic (exact) mass is 296 g/mol. The van der Waals surface area contributed by atoms with Crippen molar-refractivity contribution in [1.29, 1.82) is 0 Å². The lowest BCUT2D eigenvalue weighted by atomic mass is 10.3. The van der Waals surface area contributed by atoms with Gasteiger partial charge in [-0.25, -0.2) is 0 Å². The number of carbonyl (C=O) groups excluding carboxylic acids is 2. The predicted octanol–water partition coefficient (Wildman–Crippen LogP) is 0.0954. The summed E-state index contributed by atoms with van der Waals surface area (Å²) in [6.07, 6.45) is 1.61. The topological polar surface area (TPSA) is 62.6 Å². The van der Waals surface area contributed by atoms with Crippen LogP contribution >= 0.6 is 11.6 Å². The van der Waals surface area contributed by atoms with Gasteiger partial charge in [-0.15, -0.1) is 6.58 Å². The third-order valence-corrected chi connectivity index (χ3v) is 2.75. The van der Waals surface area contributed by atoms with Crippen LogP contribution in [0.2, 0.25) is 5.02 Å². The van der Waals surface area contributed by atoms with E-state index >= 15 is 0 Å². The summed E-state index contributed by atoms with van der Waals surface area (Å²) in [5.41, 5.74) is 0.684. The second kappa shape index (κ2) is 8.35. The van der Waals surface area contributed by atoms with Crippen LogP contribution in [0.3, 0.4) is 0 Å². The molecule has 0 heterocycles. The van der Waals surface area contributed by atoms with Gasteiger partial charge in [-0.3, -0.25) is 9.59 Å². The Bertz CT molecular complexity index is 474. The average molecular weight is 297 g/mol. The van der Waals surface area contributed by atoms with E-state index in [2.05, 4.69) is 17.2 Å². The fourth-order valence-corrected chi connectivity index (χ4v) is 1.72. The molecule has 0 saturated heterocycles. The lowest BCUT2D eigenvalue weighted by molar-refractivity contribution is -0.862. The molecule has 0 spiro atoms. The number of nitrogens with one attached hydrogen (secondary N) is 3. The number of quaternary nitrogens is 1. The fraction of sp³-hybridized carbons (Fsp3) is 0.286. The van der Waals surface area contributed by atoms with Crippen molar-refractivity contribution in [3.05, 3.63) is 41.9 Å². The second-order valence-electron chi connectivity index (χ2n) is 4.46. The maximum absolute atomic E-state index is 11.8. The molecule has 2 amide bonds. The van der Waals surface area contributed by atoms with Crippen molar-refractivity contribution < 1.29 is 14.5 Å². The Kier molecular flexibility index (Phi) is 6.76. The first-order chi connectivity index (χ1) is 9.51. The standard InChI is InChI=1S/C14H18ClN3O2/c1-3-8-16-13(19)9-18(2)10-14(20)17-12-6-4-11(15)5-7-12/h3-7H,1,8-10H2,2H3,(H,16,19)(H,17,20)/p+1. The van der Waals surface area contributed by atoms with Crippen LogP contribution in [0.1, 0.15) is 0 Å². The number of anilines is 1. The minimum absolute atomic E-state index is 0.110. The van der Waals surface area contributed by atoms with Crippen LogP contribution in [0.25, 0.3) is 0 Å². The van der Waals surface area contributed by atoms with Gasteiger partial charge in [0.15, 0.2) is 13.1 Å². The molecule has 0 aliphatic heterocycles. The predicted molar refractivity (Wildman–Crippen MR) is 79.9 cm³/mol. The molecule has 0 fully saturated rings. The first-order valence-electron chi connectivity index (χ1n) is 6.25. The number of rotatable bonds is 7. The summed E-state index contributed by atoms with van der Waals surface area (Å²) < 4.78 is 0. The lowest BCUT2D eigenvalue weighted by Gasteiger charge is -2.13. The smallest absolute Gasteiger partial charge is 0.279 e. The normalized spacial score (nSPS) is 11.5. The van der Waals surface area contributed by atoms with Gasteiger partial charge in [-0.1, -0.05) is 17.7 Å². The van der Waals surface area contributed by atoms with E-state index in [1.165, 1.54) is 0 Å². The molecular weight excluding hydrogens is 278 g/mol. The molecule has 5 nitrogen and oxygen atoms in total. The van der Waals surface area contributed by atoms with Crippen LogP contribution in [-0.4, -0.2) is 38.5 Å². The molecule has 0 bridgehead atoms. The van der Waals surface area contributed by atoms with Crippen molar-refractivity contribution >= 4 is 29.1 Å². The first-order valence-corrected chi connectivity index (χ1v) is 6.63. The van der Waals surface area contributed by atoms with Crippen molar-refractivity contribution in [2.75, 3.05) is 32.0 Å². The molecule has 6 heteroatoms. The molecule has 0 radical (unpaired) electrons. The molecule has 0 aromatic heterocycles. The summed E-state index contributed by atoms with van der Waals surface area (Å²) in [5, 5.41) is 6.03. The largest absolute Gasteiger partial charge is 0.348 e. The molecule has 20 heavy (non-hydrogen) atoms. The molecule has 1 aromatic carbocycles. The lowest BCUT2D eigenvalue weighted by Crippen LogP contribution is -3.11. The molecule has 108 valence electrons. The number of carbonyl (C=O) groups is 2. The minimum atomic E-state index is -0.152. The molecular formula is C14H19ClN3O2+. The fourth-order valence-electron chi connectivity index (χ4n) is 1.60. The highest BCUT2D eigenvalue weighted by Gasteiger charge is 2.13. The Hall–Kier alpha value is -1.85. The van der Waals surface area contributed by atoms with Gasteiger partial charge in [0.25, 0.3) is 11.8 Å². The molecule has 1 aromatic rings. The van der Waals surface area contributed by atoms with Gasteiger partial charge in [0, 0.05) is 17.3 Å². The summed E-state index contributed by atoms with van der Waals surface area (Å²) in [6, 6.07) is 6.87. The highest BCUT2D eigenvalue weighted by atomic mass is 35.5. The SMILES string of the molecule is C=CCNC(=O)C[NH+](C)CC(=O)Nc1ccc(Cl)cc1. The van der Waals surface area contributed by atoms with Gasteiger partial charge < -0.3 is 15.5 Å². The van der Waals surface area contributed by atoms with Gasteiger partial charge in [-0.05, 0) is 24.3 Å². The number of halogens is 1. The van der Waals surface area contributed by atoms with E-state index in [1.807, 2.05) is 0 Å². The van der Waals surface area contributed by atoms with Gasteiger partial charge in [0.1, 0.15) is 0 Å². The highest BCUT2D eigenvalue weighted by Crippen LogP contribution is 2.12. The zero-order valence-corrected chi connectivity index (χ0v) is 12.2. The number of amides is 2. The van der Waals surface area contributed by atoms with Gasteiger partial charge in [0.05, 0.1) is 7.05 Å². The van der Waals surface area contributed by atoms with Crippen LogP contribution in [0, 0.1) is 0 Å². The Morgan fingerprint density at radius 1 is 1.25 bits per heavy atom. The number of benzene rings is 1. The molecule has 1 unspecified atom stereocenters. The van der Waals surface area contributed by atoms with Gasteiger partial charge >= 0.3 is 0 Å². The average Bonchev–Trinajstić information content (AvgIpc) is 2.38. The molecule has 0 aliphatic rings. The van der Waals surface area contributed by atoms with Gasteiger partial charge in [-0.2, -0.15) is 0 Å². The van der Waals surface area contributed by atoms with E-state index < -0.39 is 0 Å². The maximum atomic E-state index is 11.8. The summed E-state index contributed by atoms with van der Waals surface area (Å²) in [7, 11) is 1.79. The maximum Gasteiger partial charge on any atom is 0.279 e. The summed E-state index contributed by atoms with van der Waals surface area (Å²) in [6.45, 7) is 4.40. The summed E-state index contributed by atoms with van der Waals surface area (Å²) in [5.74, 6) is -0.261. The van der Waals surface area contributed by atoms with E-state index in [9.17, 15) is 9.59 Å². The molecule has 3 N–H and O–H groups in total. The van der Waals surface area contributed by atoms with E-state index in [1.54, 1.807) is 37.4 Å². The van der Waals surface area contributed by atoms with Crippen LogP contribution in [0.4, 0.5) is 5.69 Å². The summed E-state index contributed by atoms with van der Waals surface area (Å²) in [4.78, 5) is 24.1. The van der Waals surface area contributed by atoms with Crippen molar-refractivity contribution in [1.82, 2.24) is 5.32 Å². The van der Waals surface area contributed by atoms with Crippen molar-refractivity contribution in [3.8, 4) is 0 Å². The Labute approximate surface area is 123 Å². The van der Waals surface area contributed by atoms with Crippen LogP contribution in [-0.2, 0) is 9.59 Å². The Morgan fingerprint density at radius 2 is 1.85 bits per heavy atom. The molecule has 0 saturated carbocycles. The van der Waals surface area contributed by atoms with Crippen molar-refractivity contribution in [3.63, 3.8) is 0 Å². The zero-order valence-electron chi connectivity index (χ0n) is 11.4. The number of hydrogen-bond acceptors (Lipinski definition) is 2. The van der Waals surface area contributed by atoms with Crippen molar-refractivity contribution in [2.45, 2.75) is 0 Å². The van der Waals surface area contributed by atoms with E-state index in [0.29, 0.717) is 17.3 Å². The molecule has 1 atom stereocenters. The van der Waals surface area contributed by atoms with Crippen LogP contribution in [0.5, 0.6) is 0 Å². The molecule has 0 aliphatic carbocycles. The highest BCUT2D eigenvalue weighted by molar-refractivity contribution is 6.30. The Balaban J connectivity index is 2.36. The second-order valence-corrected chi connectivity index (χ2v) is 4.89. The number of hydrogen-bond donors (Lipinski definition) is 3. The van der Waals surface area contributed by atoms with Crippen molar-refractivity contribution in [2.24, 2.45) is 0 Å². The van der Waals surface area contributed by atoms with E-state index in [-0.39, 0.29) is 24.9 Å². The Morgan fingerprint density at radius 3 is 2.45 bits per heavy atom. The molecule has 1 rings (SSSR count). The van der Waals surface area contributed by atoms with Crippen LogP contribution < -0.4 is 15.5 Å². The zero-order chi connectivity index (χ0) is 15.0. The van der Waals surface area contributed by atoms with Crippen LogP contribution in [0.15, 0.2) is 36.9 Å². The third kappa shape index (κ3) is 6.36. The summed E-state index contributed by atoms with van der Waals surface area (Å²) >= 11 is 5.76. The quantitative estimate of drug-likeness (QED) is 0.625. The first kappa shape index (κ1) is 16.2.